The number of fused-ring (bicyclic) bond motifs is 1. The Morgan fingerprint density at radius 3 is 2.12 bits per heavy atom. The molecule has 0 saturated heterocycles. The van der Waals surface area contributed by atoms with Crippen LogP contribution in [-0.2, 0) is 4.79 Å². The van der Waals surface area contributed by atoms with Crippen LogP contribution in [0.4, 0.5) is 17.1 Å². The molecule has 0 bridgehead atoms. The Kier molecular flexibility index (Phi) is 7.04. The maximum Gasteiger partial charge on any atom is 0.237 e. The second-order valence-corrected chi connectivity index (χ2v) is 9.07. The fourth-order valence-electron chi connectivity index (χ4n) is 3.26. The third kappa shape index (κ3) is 5.66. The van der Waals surface area contributed by atoms with Crippen molar-refractivity contribution in [1.82, 2.24) is 0 Å². The fourth-order valence-corrected chi connectivity index (χ4v) is 4.36. The number of hydrogen-bond donors (Lipinski definition) is 3. The van der Waals surface area contributed by atoms with Gasteiger partial charge in [-0.25, -0.2) is 0 Å². The summed E-state index contributed by atoms with van der Waals surface area (Å²) in [6, 6.07) is 31.6. The molecule has 0 radical (unpaired) electrons. The van der Waals surface area contributed by atoms with Crippen molar-refractivity contribution in [3.05, 3.63) is 97.1 Å². The van der Waals surface area contributed by atoms with Gasteiger partial charge in [0.2, 0.25) is 5.91 Å². The lowest BCUT2D eigenvalue weighted by molar-refractivity contribution is -0.115. The molecule has 1 unspecified atom stereocenters. The molecule has 0 aliphatic carbocycles. The maximum absolute atomic E-state index is 12.8. The molecule has 4 aromatic carbocycles. The van der Waals surface area contributed by atoms with Crippen molar-refractivity contribution < 1.29 is 4.79 Å². The van der Waals surface area contributed by atoms with Crippen LogP contribution in [0.15, 0.2) is 102 Å². The first-order valence-electron chi connectivity index (χ1n) is 10.3. The van der Waals surface area contributed by atoms with Gasteiger partial charge in [-0.3, -0.25) is 4.79 Å². The van der Waals surface area contributed by atoms with Gasteiger partial charge in [0.15, 0.2) is 5.11 Å². The molecule has 32 heavy (non-hydrogen) atoms. The molecule has 3 N–H and O–H groups in total. The highest BCUT2D eigenvalue weighted by atomic mass is 32.2. The number of carbonyl (C=O) groups is 1. The molecule has 0 saturated carbocycles. The van der Waals surface area contributed by atoms with Crippen molar-refractivity contribution in [3.63, 3.8) is 0 Å². The highest BCUT2D eigenvalue weighted by Crippen LogP contribution is 2.28. The molecular formula is C26H23N3OS2. The van der Waals surface area contributed by atoms with Gasteiger partial charge in [0.1, 0.15) is 0 Å². The highest BCUT2D eigenvalue weighted by Gasteiger charge is 2.15. The first-order valence-corrected chi connectivity index (χ1v) is 11.6. The van der Waals surface area contributed by atoms with E-state index in [0.29, 0.717) is 5.11 Å². The molecular weight excluding hydrogens is 434 g/mol. The number of para-hydroxylation sites is 1. The summed E-state index contributed by atoms with van der Waals surface area (Å²) in [5.41, 5.74) is 2.65. The molecule has 1 amide bonds. The lowest BCUT2D eigenvalue weighted by atomic mass is 10.1. The van der Waals surface area contributed by atoms with E-state index >= 15 is 0 Å². The van der Waals surface area contributed by atoms with Gasteiger partial charge in [0.25, 0.3) is 0 Å². The van der Waals surface area contributed by atoms with Crippen molar-refractivity contribution in [2.75, 3.05) is 16.0 Å². The van der Waals surface area contributed by atoms with E-state index in [1.165, 1.54) is 11.8 Å². The summed E-state index contributed by atoms with van der Waals surface area (Å²) in [7, 11) is 0. The van der Waals surface area contributed by atoms with E-state index in [2.05, 4.69) is 16.0 Å². The van der Waals surface area contributed by atoms with E-state index in [-0.39, 0.29) is 11.2 Å². The maximum atomic E-state index is 12.8. The molecule has 1 atom stereocenters. The Hall–Kier alpha value is -3.35. The number of anilines is 3. The van der Waals surface area contributed by atoms with Crippen LogP contribution < -0.4 is 16.0 Å². The number of benzene rings is 4. The van der Waals surface area contributed by atoms with Crippen LogP contribution >= 0.6 is 24.0 Å². The standard InChI is InChI=1S/C26H23N3OS2/c1-18(25(30)29-24-13-7-9-19-8-5-6-12-23(19)24)32-22-16-14-21(15-17-22)28-26(31)27-20-10-3-2-4-11-20/h2-18H,1H3,(H,29,30)(H2,27,28,31). The number of thioether (sulfide) groups is 1. The minimum absolute atomic E-state index is 0.0261. The van der Waals surface area contributed by atoms with Crippen LogP contribution in [0.5, 0.6) is 0 Å². The molecule has 0 aliphatic heterocycles. The molecule has 4 aromatic rings. The first kappa shape index (κ1) is 21.9. The van der Waals surface area contributed by atoms with E-state index in [0.717, 1.165) is 32.7 Å². The van der Waals surface area contributed by atoms with Crippen LogP contribution in [0.25, 0.3) is 10.8 Å². The average Bonchev–Trinajstić information content (AvgIpc) is 2.81. The lowest BCUT2D eigenvalue weighted by Gasteiger charge is -2.14. The molecule has 160 valence electrons. The summed E-state index contributed by atoms with van der Waals surface area (Å²) < 4.78 is 0. The van der Waals surface area contributed by atoms with Crippen molar-refractivity contribution in [1.29, 1.82) is 0 Å². The zero-order valence-electron chi connectivity index (χ0n) is 17.5. The molecule has 4 rings (SSSR count). The van der Waals surface area contributed by atoms with Crippen LogP contribution in [0.2, 0.25) is 0 Å². The fraction of sp³-hybridized carbons (Fsp3) is 0.0769. The molecule has 0 fully saturated rings. The molecule has 6 heteroatoms. The van der Waals surface area contributed by atoms with Gasteiger partial charge in [-0.2, -0.15) is 0 Å². The Balaban J connectivity index is 1.33. The van der Waals surface area contributed by atoms with Crippen LogP contribution in [0.1, 0.15) is 6.92 Å². The molecule has 4 nitrogen and oxygen atoms in total. The number of hydrogen-bond acceptors (Lipinski definition) is 3. The van der Waals surface area contributed by atoms with Crippen LogP contribution in [0, 0.1) is 0 Å². The highest BCUT2D eigenvalue weighted by molar-refractivity contribution is 8.00. The normalized spacial score (nSPS) is 11.5. The lowest BCUT2D eigenvalue weighted by Crippen LogP contribution is -2.22. The van der Waals surface area contributed by atoms with Crippen LogP contribution in [-0.4, -0.2) is 16.3 Å². The topological polar surface area (TPSA) is 53.2 Å². The average molecular weight is 458 g/mol. The third-order valence-electron chi connectivity index (χ3n) is 4.87. The van der Waals surface area contributed by atoms with Gasteiger partial charge in [0, 0.05) is 27.3 Å². The molecule has 0 aliphatic rings. The zero-order valence-corrected chi connectivity index (χ0v) is 19.2. The molecule has 0 aromatic heterocycles. The van der Waals surface area contributed by atoms with E-state index < -0.39 is 0 Å². The van der Waals surface area contributed by atoms with Crippen molar-refractivity contribution in [2.45, 2.75) is 17.1 Å². The molecule has 0 heterocycles. The van der Waals surface area contributed by atoms with Gasteiger partial charge in [-0.05, 0) is 67.0 Å². The first-order chi connectivity index (χ1) is 15.6. The van der Waals surface area contributed by atoms with Gasteiger partial charge < -0.3 is 16.0 Å². The monoisotopic (exact) mass is 457 g/mol. The van der Waals surface area contributed by atoms with Crippen molar-refractivity contribution in [2.24, 2.45) is 0 Å². The summed E-state index contributed by atoms with van der Waals surface area (Å²) in [5.74, 6) is -0.0261. The Bertz CT molecular complexity index is 1220. The number of rotatable bonds is 6. The minimum atomic E-state index is -0.242. The summed E-state index contributed by atoms with van der Waals surface area (Å²) in [5, 5.41) is 11.8. The Morgan fingerprint density at radius 2 is 1.38 bits per heavy atom. The van der Waals surface area contributed by atoms with Gasteiger partial charge >= 0.3 is 0 Å². The summed E-state index contributed by atoms with van der Waals surface area (Å²) in [6.07, 6.45) is 0. The number of thiocarbonyl (C=S) groups is 1. The number of carbonyl (C=O) groups excluding carboxylic acids is 1. The van der Waals surface area contributed by atoms with E-state index in [1.54, 1.807) is 0 Å². The predicted molar refractivity (Wildman–Crippen MR) is 141 cm³/mol. The van der Waals surface area contributed by atoms with Crippen molar-refractivity contribution >= 4 is 62.8 Å². The second-order valence-electron chi connectivity index (χ2n) is 7.25. The SMILES string of the molecule is CC(Sc1ccc(NC(=S)Nc2ccccc2)cc1)C(=O)Nc1cccc2ccccc12. The van der Waals surface area contributed by atoms with Crippen molar-refractivity contribution in [3.8, 4) is 0 Å². The second kappa shape index (κ2) is 10.3. The number of nitrogens with one attached hydrogen (secondary N) is 3. The zero-order chi connectivity index (χ0) is 22.3. The minimum Gasteiger partial charge on any atom is -0.332 e. The summed E-state index contributed by atoms with van der Waals surface area (Å²) in [6.45, 7) is 1.91. The number of amides is 1. The van der Waals surface area contributed by atoms with Gasteiger partial charge in [-0.15, -0.1) is 11.8 Å². The van der Waals surface area contributed by atoms with E-state index in [4.69, 9.17) is 12.2 Å². The van der Waals surface area contributed by atoms with Gasteiger partial charge in [-0.1, -0.05) is 54.6 Å². The summed E-state index contributed by atoms with van der Waals surface area (Å²) >= 11 is 6.89. The van der Waals surface area contributed by atoms with Gasteiger partial charge in [0.05, 0.1) is 5.25 Å². The largest absolute Gasteiger partial charge is 0.332 e. The molecule has 0 spiro atoms. The van der Waals surface area contributed by atoms with E-state index in [9.17, 15) is 4.79 Å². The smallest absolute Gasteiger partial charge is 0.237 e. The quantitative estimate of drug-likeness (QED) is 0.220. The summed E-state index contributed by atoms with van der Waals surface area (Å²) in [4.78, 5) is 13.8. The Morgan fingerprint density at radius 1 is 0.750 bits per heavy atom. The van der Waals surface area contributed by atoms with Crippen LogP contribution in [0.3, 0.4) is 0 Å². The Labute approximate surface area is 197 Å². The predicted octanol–water partition coefficient (Wildman–Crippen LogP) is 6.77. The van der Waals surface area contributed by atoms with E-state index in [1.807, 2.05) is 104 Å². The third-order valence-corrected chi connectivity index (χ3v) is 6.19.